The second-order valence-corrected chi connectivity index (χ2v) is 8.16. The van der Waals surface area contributed by atoms with Crippen molar-refractivity contribution in [2.75, 3.05) is 4.90 Å². The molecule has 0 saturated carbocycles. The van der Waals surface area contributed by atoms with Gasteiger partial charge in [-0.3, -0.25) is 9.69 Å². The molecule has 0 bridgehead atoms. The number of halogens is 2. The molecule has 0 aliphatic carbocycles. The number of hydrogen-bond acceptors (Lipinski definition) is 5. The van der Waals surface area contributed by atoms with Gasteiger partial charge in [0.1, 0.15) is 17.2 Å². The molecule has 7 nitrogen and oxygen atoms in total. The Kier molecular flexibility index (Phi) is 4.58. The third-order valence-electron chi connectivity index (χ3n) is 4.86. The van der Waals surface area contributed by atoms with Crippen molar-refractivity contribution in [3.05, 3.63) is 69.6 Å². The van der Waals surface area contributed by atoms with E-state index < -0.39 is 41.0 Å². The Bertz CT molecular complexity index is 1200. The number of rotatable bonds is 1. The van der Waals surface area contributed by atoms with Gasteiger partial charge in [-0.15, -0.1) is 0 Å². The van der Waals surface area contributed by atoms with Crippen LogP contribution in [-0.4, -0.2) is 21.9 Å². The summed E-state index contributed by atoms with van der Waals surface area (Å²) in [5.41, 5.74) is 5.95. The van der Waals surface area contributed by atoms with Gasteiger partial charge in [0.05, 0.1) is 28.9 Å². The average Bonchev–Trinajstić information content (AvgIpc) is 2.65. The van der Waals surface area contributed by atoms with Gasteiger partial charge in [-0.05, 0) is 50.6 Å². The first-order chi connectivity index (χ1) is 14.1. The fourth-order valence-corrected chi connectivity index (χ4v) is 3.70. The summed E-state index contributed by atoms with van der Waals surface area (Å²) < 4.78 is 33.5. The highest BCUT2D eigenvalue weighted by molar-refractivity contribution is 6.04. The molecule has 1 amide bonds. The fourth-order valence-electron chi connectivity index (χ4n) is 3.70. The van der Waals surface area contributed by atoms with E-state index in [4.69, 9.17) is 10.5 Å². The van der Waals surface area contributed by atoms with Gasteiger partial charge in [0.2, 0.25) is 0 Å². The largest absolute Gasteiger partial charge is 0.443 e. The fraction of sp³-hybridized carbons (Fsp3) is 0.286. The number of aromatic nitrogens is 2. The van der Waals surface area contributed by atoms with Crippen LogP contribution in [0.4, 0.5) is 19.3 Å². The Balaban J connectivity index is 2.01. The minimum Gasteiger partial charge on any atom is -0.443 e. The number of benzene rings is 2. The smallest absolute Gasteiger partial charge is 0.415 e. The second kappa shape index (κ2) is 6.88. The van der Waals surface area contributed by atoms with Crippen LogP contribution >= 0.6 is 0 Å². The van der Waals surface area contributed by atoms with Gasteiger partial charge in [-0.2, -0.15) is 5.10 Å². The molecule has 3 aromatic rings. The molecule has 30 heavy (non-hydrogen) atoms. The van der Waals surface area contributed by atoms with Gasteiger partial charge >= 0.3 is 6.09 Å². The number of nitrogens with two attached hydrogens (primary N) is 1. The predicted molar refractivity (Wildman–Crippen MR) is 107 cm³/mol. The van der Waals surface area contributed by atoms with Crippen molar-refractivity contribution in [1.82, 2.24) is 10.2 Å². The number of hydrogen-bond donors (Lipinski definition) is 2. The van der Waals surface area contributed by atoms with E-state index in [0.29, 0.717) is 11.3 Å². The molecule has 1 aliphatic heterocycles. The number of H-pyrrole nitrogens is 1. The molecule has 2 aromatic carbocycles. The molecule has 4 rings (SSSR count). The lowest BCUT2D eigenvalue weighted by molar-refractivity contribution is 0.0558. The standard InChI is InChI=1S/C21H20F2N4O3/c1-21(2,3)30-20(29)27-14-9-12(23)8-13-15(14)17(25-26-19(13)28)16(24)18(27)10-4-6-11(22)7-5-10/h4-9,16,18H,24H2,1-3H3,(H,26,28). The number of carbonyl (C=O) groups is 1. The van der Waals surface area contributed by atoms with E-state index in [9.17, 15) is 18.4 Å². The third kappa shape index (κ3) is 3.30. The molecular formula is C21H20F2N4O3. The first kappa shape index (κ1) is 20.0. The molecule has 0 spiro atoms. The maximum Gasteiger partial charge on any atom is 0.415 e. The summed E-state index contributed by atoms with van der Waals surface area (Å²) in [5.74, 6) is -1.16. The summed E-state index contributed by atoms with van der Waals surface area (Å²) in [6, 6.07) is 5.92. The SMILES string of the molecule is CC(C)(C)OC(=O)N1c2cc(F)cc3c(=O)[nH]nc(c23)C(N)C1c1ccc(F)cc1. The van der Waals surface area contributed by atoms with E-state index in [2.05, 4.69) is 10.2 Å². The summed E-state index contributed by atoms with van der Waals surface area (Å²) in [6.45, 7) is 5.09. The van der Waals surface area contributed by atoms with Crippen molar-refractivity contribution in [2.45, 2.75) is 38.5 Å². The van der Waals surface area contributed by atoms with Gasteiger partial charge in [-0.1, -0.05) is 12.1 Å². The number of nitrogens with zero attached hydrogens (tertiary/aromatic N) is 2. The van der Waals surface area contributed by atoms with Gasteiger partial charge in [0.15, 0.2) is 0 Å². The van der Waals surface area contributed by atoms with E-state index in [1.165, 1.54) is 29.2 Å². The van der Waals surface area contributed by atoms with Crippen molar-refractivity contribution in [2.24, 2.45) is 5.73 Å². The predicted octanol–water partition coefficient (Wildman–Crippen LogP) is 3.70. The molecule has 0 radical (unpaired) electrons. The lowest BCUT2D eigenvalue weighted by Crippen LogP contribution is -2.46. The van der Waals surface area contributed by atoms with Crippen LogP contribution in [0.3, 0.4) is 0 Å². The van der Waals surface area contributed by atoms with Crippen LogP contribution in [-0.2, 0) is 4.74 Å². The normalized spacial score (nSPS) is 18.5. The molecule has 0 saturated heterocycles. The Morgan fingerprint density at radius 1 is 1.17 bits per heavy atom. The molecular weight excluding hydrogens is 394 g/mol. The summed E-state index contributed by atoms with van der Waals surface area (Å²) in [7, 11) is 0. The van der Waals surface area contributed by atoms with E-state index >= 15 is 0 Å². The first-order valence-electron chi connectivity index (χ1n) is 9.32. The average molecular weight is 414 g/mol. The molecule has 2 atom stereocenters. The van der Waals surface area contributed by atoms with Crippen molar-refractivity contribution in [3.8, 4) is 0 Å². The molecule has 9 heteroatoms. The third-order valence-corrected chi connectivity index (χ3v) is 4.86. The molecule has 1 aromatic heterocycles. The Hall–Kier alpha value is -3.33. The van der Waals surface area contributed by atoms with Crippen molar-refractivity contribution in [3.63, 3.8) is 0 Å². The van der Waals surface area contributed by atoms with Gasteiger partial charge < -0.3 is 10.5 Å². The lowest BCUT2D eigenvalue weighted by Gasteiger charge is -2.40. The van der Waals surface area contributed by atoms with Gasteiger partial charge in [0.25, 0.3) is 5.56 Å². The number of aromatic amines is 1. The highest BCUT2D eigenvalue weighted by Gasteiger charge is 2.42. The zero-order chi connectivity index (χ0) is 21.8. The van der Waals surface area contributed by atoms with Crippen molar-refractivity contribution < 1.29 is 18.3 Å². The second-order valence-electron chi connectivity index (χ2n) is 8.16. The van der Waals surface area contributed by atoms with Crippen LogP contribution in [0.25, 0.3) is 10.8 Å². The summed E-state index contributed by atoms with van der Waals surface area (Å²) in [5, 5.41) is 6.70. The van der Waals surface area contributed by atoms with E-state index in [-0.39, 0.29) is 16.5 Å². The summed E-state index contributed by atoms with van der Waals surface area (Å²) >= 11 is 0. The zero-order valence-electron chi connectivity index (χ0n) is 16.6. The Morgan fingerprint density at radius 3 is 2.47 bits per heavy atom. The van der Waals surface area contributed by atoms with Crippen LogP contribution < -0.4 is 16.2 Å². The Labute approximate surface area is 170 Å². The van der Waals surface area contributed by atoms with E-state index in [0.717, 1.165) is 12.1 Å². The van der Waals surface area contributed by atoms with Gasteiger partial charge in [0, 0.05) is 5.39 Å². The number of carbonyl (C=O) groups excluding carboxylic acids is 1. The topological polar surface area (TPSA) is 101 Å². The first-order valence-corrected chi connectivity index (χ1v) is 9.32. The number of anilines is 1. The van der Waals surface area contributed by atoms with Crippen LogP contribution in [0.15, 0.2) is 41.2 Å². The van der Waals surface area contributed by atoms with Crippen LogP contribution in [0.1, 0.15) is 44.1 Å². The lowest BCUT2D eigenvalue weighted by atomic mass is 9.88. The minimum atomic E-state index is -0.889. The molecule has 2 unspecified atom stereocenters. The minimum absolute atomic E-state index is 0.0246. The van der Waals surface area contributed by atoms with E-state index in [1.54, 1.807) is 20.8 Å². The molecule has 0 fully saturated rings. The number of amides is 1. The zero-order valence-corrected chi connectivity index (χ0v) is 16.6. The highest BCUT2D eigenvalue weighted by atomic mass is 19.1. The molecule has 1 aliphatic rings. The summed E-state index contributed by atoms with van der Waals surface area (Å²) in [6.07, 6.45) is -0.773. The molecule has 2 heterocycles. The van der Waals surface area contributed by atoms with Gasteiger partial charge in [-0.25, -0.2) is 18.7 Å². The van der Waals surface area contributed by atoms with Crippen LogP contribution in [0.5, 0.6) is 0 Å². The van der Waals surface area contributed by atoms with E-state index in [1.807, 2.05) is 0 Å². The number of nitrogens with one attached hydrogen (secondary N) is 1. The Morgan fingerprint density at radius 2 is 1.83 bits per heavy atom. The molecule has 3 N–H and O–H groups in total. The molecule has 156 valence electrons. The quantitative estimate of drug-likeness (QED) is 0.632. The van der Waals surface area contributed by atoms with Crippen molar-refractivity contribution >= 4 is 22.6 Å². The maximum absolute atomic E-state index is 14.4. The summed E-state index contributed by atoms with van der Waals surface area (Å²) in [4.78, 5) is 26.7. The van der Waals surface area contributed by atoms with Crippen LogP contribution in [0, 0.1) is 11.6 Å². The highest BCUT2D eigenvalue weighted by Crippen LogP contribution is 2.46. The monoisotopic (exact) mass is 414 g/mol. The van der Waals surface area contributed by atoms with Crippen molar-refractivity contribution in [1.29, 1.82) is 0 Å². The maximum atomic E-state index is 14.4. The van der Waals surface area contributed by atoms with Crippen LogP contribution in [0.2, 0.25) is 0 Å². The number of ether oxygens (including phenoxy) is 1.